The molecule has 2 N–H and O–H groups in total. The Kier molecular flexibility index (Phi) is 3.90. The Morgan fingerprint density at radius 1 is 1.37 bits per heavy atom. The van der Waals surface area contributed by atoms with Gasteiger partial charge < -0.3 is 5.73 Å². The minimum Gasteiger partial charge on any atom is -0.389 e. The van der Waals surface area contributed by atoms with Crippen LogP contribution < -0.4 is 5.73 Å². The molecule has 0 spiro atoms. The molecule has 1 aromatic carbocycles. The third-order valence-corrected chi connectivity index (χ3v) is 3.05. The Labute approximate surface area is 116 Å². The van der Waals surface area contributed by atoms with Crippen molar-refractivity contribution in [3.63, 3.8) is 0 Å². The van der Waals surface area contributed by atoms with Crippen LogP contribution in [0.25, 0.3) is 5.69 Å². The fraction of sp³-hybridized carbons (Fsp3) is 0.308. The van der Waals surface area contributed by atoms with Gasteiger partial charge in [0.15, 0.2) is 5.82 Å². The second-order valence-electron chi connectivity index (χ2n) is 4.09. The number of benzene rings is 1. The number of thiocarbonyl (C=S) groups is 1. The van der Waals surface area contributed by atoms with E-state index in [9.17, 15) is 4.39 Å². The van der Waals surface area contributed by atoms with Crippen molar-refractivity contribution in [1.29, 1.82) is 0 Å². The van der Waals surface area contributed by atoms with Gasteiger partial charge in [-0.1, -0.05) is 26.1 Å². The van der Waals surface area contributed by atoms with E-state index >= 15 is 0 Å². The Bertz CT molecular complexity index is 621. The molecule has 0 aliphatic rings. The molecule has 0 bridgehead atoms. The van der Waals surface area contributed by atoms with Crippen LogP contribution in [0.1, 0.15) is 31.1 Å². The second-order valence-corrected chi connectivity index (χ2v) is 4.53. The van der Waals surface area contributed by atoms with E-state index in [2.05, 4.69) is 10.1 Å². The number of nitrogens with two attached hydrogens (primary N) is 1. The lowest BCUT2D eigenvalue weighted by atomic mass is 10.2. The summed E-state index contributed by atoms with van der Waals surface area (Å²) in [6, 6.07) is 4.63. The average molecular weight is 278 g/mol. The highest BCUT2D eigenvalue weighted by molar-refractivity contribution is 7.80. The summed E-state index contributed by atoms with van der Waals surface area (Å²) in [4.78, 5) is 4.53. The second kappa shape index (κ2) is 5.44. The van der Waals surface area contributed by atoms with Gasteiger partial charge in [-0.3, -0.25) is 0 Å². The standard InChI is InChI=1S/C13H15FN4S/c1-3-11-16-12(4-2)18(17-11)10-6-5-8(13(15)19)7-9(10)14/h5-7H,3-4H2,1-2H3,(H2,15,19). The average Bonchev–Trinajstić information content (AvgIpc) is 2.81. The highest BCUT2D eigenvalue weighted by Gasteiger charge is 2.13. The molecule has 0 unspecified atom stereocenters. The molecule has 0 saturated heterocycles. The van der Waals surface area contributed by atoms with E-state index in [4.69, 9.17) is 18.0 Å². The van der Waals surface area contributed by atoms with Gasteiger partial charge in [0.25, 0.3) is 0 Å². The molecule has 0 fully saturated rings. The summed E-state index contributed by atoms with van der Waals surface area (Å²) in [5.41, 5.74) is 6.35. The topological polar surface area (TPSA) is 56.7 Å². The molecule has 0 radical (unpaired) electrons. The first-order valence-corrected chi connectivity index (χ1v) is 6.52. The summed E-state index contributed by atoms with van der Waals surface area (Å²) in [7, 11) is 0. The van der Waals surface area contributed by atoms with Crippen LogP contribution in [0, 0.1) is 5.82 Å². The van der Waals surface area contributed by atoms with E-state index in [0.717, 1.165) is 5.82 Å². The van der Waals surface area contributed by atoms with Crippen LogP contribution in [0.4, 0.5) is 4.39 Å². The number of aromatic nitrogens is 3. The molecule has 2 aromatic rings. The minimum atomic E-state index is -0.410. The van der Waals surface area contributed by atoms with Gasteiger partial charge in [0, 0.05) is 18.4 Å². The summed E-state index contributed by atoms with van der Waals surface area (Å²) in [5, 5.41) is 4.31. The Hall–Kier alpha value is -1.82. The lowest BCUT2D eigenvalue weighted by Gasteiger charge is -2.07. The number of nitrogens with zero attached hydrogens (tertiary/aromatic N) is 3. The minimum absolute atomic E-state index is 0.175. The highest BCUT2D eigenvalue weighted by Crippen LogP contribution is 2.17. The lowest BCUT2D eigenvalue weighted by molar-refractivity contribution is 0.605. The molecule has 0 aliphatic carbocycles. The molecular formula is C13H15FN4S. The Morgan fingerprint density at radius 3 is 2.63 bits per heavy atom. The molecule has 0 saturated carbocycles. The summed E-state index contributed by atoms with van der Waals surface area (Å²) in [5.74, 6) is 1.03. The maximum Gasteiger partial charge on any atom is 0.151 e. The molecule has 0 aliphatic heterocycles. The van der Waals surface area contributed by atoms with Crippen LogP contribution in [0.15, 0.2) is 18.2 Å². The van der Waals surface area contributed by atoms with Gasteiger partial charge in [0.1, 0.15) is 22.3 Å². The van der Waals surface area contributed by atoms with Crippen molar-refractivity contribution >= 4 is 17.2 Å². The van der Waals surface area contributed by atoms with E-state index in [1.165, 1.54) is 10.7 Å². The zero-order valence-electron chi connectivity index (χ0n) is 10.9. The Morgan fingerprint density at radius 2 is 2.11 bits per heavy atom. The molecule has 1 heterocycles. The number of hydrogen-bond acceptors (Lipinski definition) is 3. The van der Waals surface area contributed by atoms with Crippen molar-refractivity contribution in [2.45, 2.75) is 26.7 Å². The number of hydrogen-bond donors (Lipinski definition) is 1. The number of aryl methyl sites for hydroxylation is 2. The smallest absolute Gasteiger partial charge is 0.151 e. The van der Waals surface area contributed by atoms with Crippen molar-refractivity contribution in [3.8, 4) is 5.69 Å². The van der Waals surface area contributed by atoms with Crippen LogP contribution in [-0.2, 0) is 12.8 Å². The predicted octanol–water partition coefficient (Wildman–Crippen LogP) is 2.17. The van der Waals surface area contributed by atoms with Gasteiger partial charge in [0.2, 0.25) is 0 Å². The van der Waals surface area contributed by atoms with Gasteiger partial charge in [-0.15, -0.1) is 0 Å². The van der Waals surface area contributed by atoms with Crippen molar-refractivity contribution in [2.24, 2.45) is 5.73 Å². The monoisotopic (exact) mass is 278 g/mol. The number of rotatable bonds is 4. The summed E-state index contributed by atoms with van der Waals surface area (Å²) < 4.78 is 15.7. The van der Waals surface area contributed by atoms with Crippen LogP contribution in [0.3, 0.4) is 0 Å². The van der Waals surface area contributed by atoms with Crippen molar-refractivity contribution in [1.82, 2.24) is 14.8 Å². The van der Waals surface area contributed by atoms with Crippen LogP contribution in [0.2, 0.25) is 0 Å². The van der Waals surface area contributed by atoms with Gasteiger partial charge in [-0.2, -0.15) is 5.10 Å². The Balaban J connectivity index is 2.52. The van der Waals surface area contributed by atoms with Crippen molar-refractivity contribution in [3.05, 3.63) is 41.2 Å². The molecule has 0 amide bonds. The van der Waals surface area contributed by atoms with E-state index < -0.39 is 5.82 Å². The van der Waals surface area contributed by atoms with E-state index in [1.54, 1.807) is 12.1 Å². The van der Waals surface area contributed by atoms with Gasteiger partial charge in [0.05, 0.1) is 0 Å². The third-order valence-electron chi connectivity index (χ3n) is 2.81. The zero-order chi connectivity index (χ0) is 14.0. The summed E-state index contributed by atoms with van der Waals surface area (Å²) in [6.45, 7) is 3.92. The largest absolute Gasteiger partial charge is 0.389 e. The first kappa shape index (κ1) is 13.6. The molecule has 0 atom stereocenters. The van der Waals surface area contributed by atoms with E-state index in [0.29, 0.717) is 29.9 Å². The van der Waals surface area contributed by atoms with Crippen molar-refractivity contribution in [2.75, 3.05) is 0 Å². The fourth-order valence-corrected chi connectivity index (χ4v) is 1.92. The first-order chi connectivity index (χ1) is 9.06. The van der Waals surface area contributed by atoms with Crippen molar-refractivity contribution < 1.29 is 4.39 Å². The molecule has 100 valence electrons. The zero-order valence-corrected chi connectivity index (χ0v) is 11.7. The lowest BCUT2D eigenvalue weighted by Crippen LogP contribution is -2.11. The van der Waals surface area contributed by atoms with Gasteiger partial charge >= 0.3 is 0 Å². The SMILES string of the molecule is CCc1nc(CC)n(-c2ccc(C(N)=S)cc2F)n1. The number of halogens is 1. The van der Waals surface area contributed by atoms with Crippen LogP contribution in [0.5, 0.6) is 0 Å². The molecule has 6 heteroatoms. The van der Waals surface area contributed by atoms with Gasteiger partial charge in [-0.05, 0) is 18.2 Å². The van der Waals surface area contributed by atoms with Gasteiger partial charge in [-0.25, -0.2) is 14.1 Å². The highest BCUT2D eigenvalue weighted by atomic mass is 32.1. The summed E-state index contributed by atoms with van der Waals surface area (Å²) >= 11 is 4.83. The molecule has 19 heavy (non-hydrogen) atoms. The normalized spacial score (nSPS) is 10.7. The molecule has 1 aromatic heterocycles. The first-order valence-electron chi connectivity index (χ1n) is 6.11. The predicted molar refractivity (Wildman–Crippen MR) is 76.0 cm³/mol. The molecule has 4 nitrogen and oxygen atoms in total. The maximum atomic E-state index is 14.1. The third kappa shape index (κ3) is 2.63. The quantitative estimate of drug-likeness (QED) is 0.871. The van der Waals surface area contributed by atoms with Crippen LogP contribution in [-0.4, -0.2) is 19.8 Å². The maximum absolute atomic E-state index is 14.1. The van der Waals surface area contributed by atoms with E-state index in [-0.39, 0.29) is 4.99 Å². The molecular weight excluding hydrogens is 263 g/mol. The summed E-state index contributed by atoms with van der Waals surface area (Å²) in [6.07, 6.45) is 1.40. The molecule has 2 rings (SSSR count). The van der Waals surface area contributed by atoms with E-state index in [1.807, 2.05) is 13.8 Å². The van der Waals surface area contributed by atoms with Crippen LogP contribution >= 0.6 is 12.2 Å². The fourth-order valence-electron chi connectivity index (χ4n) is 1.80.